The zero-order chi connectivity index (χ0) is 11.4. The molecule has 2 rings (SSSR count). The Morgan fingerprint density at radius 3 is 2.75 bits per heavy atom. The van der Waals surface area contributed by atoms with E-state index in [9.17, 15) is 4.79 Å². The smallest absolute Gasteiger partial charge is 0.313 e. The number of nitrogens with zero attached hydrogens (tertiary/aromatic N) is 3. The Morgan fingerprint density at radius 2 is 2.00 bits per heavy atom. The van der Waals surface area contributed by atoms with Gasteiger partial charge in [-0.15, -0.1) is 10.2 Å². The van der Waals surface area contributed by atoms with Gasteiger partial charge < -0.3 is 4.74 Å². The highest BCUT2D eigenvalue weighted by molar-refractivity contribution is 5.75. The molecule has 0 fully saturated rings. The maximum Gasteiger partial charge on any atom is 0.313 e. The molecule has 0 saturated heterocycles. The summed E-state index contributed by atoms with van der Waals surface area (Å²) in [5, 5.41) is 7.84. The van der Waals surface area contributed by atoms with Crippen LogP contribution in [0.5, 0.6) is 0 Å². The quantitative estimate of drug-likeness (QED) is 0.721. The van der Waals surface area contributed by atoms with Crippen LogP contribution in [0.25, 0.3) is 11.0 Å². The lowest BCUT2D eigenvalue weighted by molar-refractivity contribution is -0.142. The average molecular weight is 217 g/mol. The number of ether oxygens (including phenoxy) is 1. The summed E-state index contributed by atoms with van der Waals surface area (Å²) in [6, 6.07) is 7.39. The summed E-state index contributed by atoms with van der Waals surface area (Å²) in [5.74, 6) is 0.0525. The van der Waals surface area contributed by atoms with Gasteiger partial charge in [-0.2, -0.15) is 0 Å². The molecule has 0 unspecified atom stereocenters. The zero-order valence-corrected chi connectivity index (χ0v) is 8.88. The van der Waals surface area contributed by atoms with Gasteiger partial charge in [-0.1, -0.05) is 12.1 Å². The lowest BCUT2D eigenvalue weighted by Gasteiger charge is -2.01. The maximum atomic E-state index is 11.2. The second-order valence-corrected chi connectivity index (χ2v) is 3.20. The molecule has 16 heavy (non-hydrogen) atoms. The van der Waals surface area contributed by atoms with Crippen molar-refractivity contribution < 1.29 is 9.53 Å². The molecular weight excluding hydrogens is 206 g/mol. The van der Waals surface area contributed by atoms with Crippen LogP contribution < -0.4 is 0 Å². The first-order chi connectivity index (χ1) is 7.79. The van der Waals surface area contributed by atoms with Crippen LogP contribution in [-0.4, -0.2) is 27.8 Å². The molecule has 1 heterocycles. The monoisotopic (exact) mass is 217 g/mol. The van der Waals surface area contributed by atoms with E-state index >= 15 is 0 Å². The lowest BCUT2D eigenvalue weighted by atomic mass is 10.3. The Bertz CT molecular complexity index is 513. The number of esters is 1. The molecule has 0 bridgehead atoms. The molecular formula is C11H11N3O2. The molecule has 0 spiro atoms. The van der Waals surface area contributed by atoms with Gasteiger partial charge >= 0.3 is 5.97 Å². The largest absolute Gasteiger partial charge is 0.466 e. The highest BCUT2D eigenvalue weighted by atomic mass is 16.5. The standard InChI is InChI=1S/C11H11N3O2/c1-2-16-11(15)7-10-12-8-5-3-4-6-9(8)13-14-10/h3-6H,2,7H2,1H3. The normalized spacial score (nSPS) is 10.3. The van der Waals surface area contributed by atoms with Crippen LogP contribution >= 0.6 is 0 Å². The van der Waals surface area contributed by atoms with E-state index in [1.165, 1.54) is 0 Å². The highest BCUT2D eigenvalue weighted by Crippen LogP contribution is 2.06. The van der Waals surface area contributed by atoms with Crippen molar-refractivity contribution >= 4 is 17.0 Å². The number of benzene rings is 1. The van der Waals surface area contributed by atoms with Crippen molar-refractivity contribution in [1.82, 2.24) is 15.2 Å². The predicted molar refractivity (Wildman–Crippen MR) is 57.7 cm³/mol. The molecule has 1 aromatic heterocycles. The maximum absolute atomic E-state index is 11.2. The first-order valence-corrected chi connectivity index (χ1v) is 5.03. The topological polar surface area (TPSA) is 65.0 Å². The molecule has 0 saturated carbocycles. The van der Waals surface area contributed by atoms with Crippen LogP contribution in [0.2, 0.25) is 0 Å². The molecule has 0 radical (unpaired) electrons. The molecule has 0 aliphatic heterocycles. The first-order valence-electron chi connectivity index (χ1n) is 5.03. The SMILES string of the molecule is CCOC(=O)Cc1nnc2ccccc2n1. The van der Waals surface area contributed by atoms with E-state index in [1.807, 2.05) is 24.3 Å². The molecule has 0 atom stereocenters. The van der Waals surface area contributed by atoms with Gasteiger partial charge in [0.2, 0.25) is 0 Å². The van der Waals surface area contributed by atoms with Crippen molar-refractivity contribution in [3.05, 3.63) is 30.1 Å². The van der Waals surface area contributed by atoms with Gasteiger partial charge in [0.1, 0.15) is 11.9 Å². The van der Waals surface area contributed by atoms with Crippen molar-refractivity contribution in [1.29, 1.82) is 0 Å². The van der Waals surface area contributed by atoms with Gasteiger partial charge in [-0.25, -0.2) is 4.98 Å². The van der Waals surface area contributed by atoms with E-state index in [1.54, 1.807) is 6.92 Å². The average Bonchev–Trinajstić information content (AvgIpc) is 2.29. The minimum atomic E-state index is -0.334. The number of hydrogen-bond donors (Lipinski definition) is 0. The van der Waals surface area contributed by atoms with E-state index < -0.39 is 0 Å². The fraction of sp³-hybridized carbons (Fsp3) is 0.273. The van der Waals surface area contributed by atoms with Crippen molar-refractivity contribution in [2.45, 2.75) is 13.3 Å². The predicted octanol–water partition coefficient (Wildman–Crippen LogP) is 1.13. The van der Waals surface area contributed by atoms with E-state index in [-0.39, 0.29) is 12.4 Å². The summed E-state index contributed by atoms with van der Waals surface area (Å²) in [4.78, 5) is 15.4. The molecule has 5 nitrogen and oxygen atoms in total. The van der Waals surface area contributed by atoms with Crippen molar-refractivity contribution in [3.63, 3.8) is 0 Å². The van der Waals surface area contributed by atoms with Crippen LogP contribution in [0.15, 0.2) is 24.3 Å². The molecule has 0 aliphatic carbocycles. The van der Waals surface area contributed by atoms with Crippen LogP contribution in [0, 0.1) is 0 Å². The molecule has 0 aliphatic rings. The highest BCUT2D eigenvalue weighted by Gasteiger charge is 2.07. The van der Waals surface area contributed by atoms with E-state index in [0.29, 0.717) is 12.4 Å². The second-order valence-electron chi connectivity index (χ2n) is 3.20. The van der Waals surface area contributed by atoms with Crippen LogP contribution in [0.4, 0.5) is 0 Å². The third-order valence-electron chi connectivity index (χ3n) is 2.01. The van der Waals surface area contributed by atoms with Crippen LogP contribution in [0.3, 0.4) is 0 Å². The van der Waals surface area contributed by atoms with Crippen molar-refractivity contribution in [3.8, 4) is 0 Å². The Kier molecular flexibility index (Phi) is 3.05. The van der Waals surface area contributed by atoms with Crippen molar-refractivity contribution in [2.75, 3.05) is 6.61 Å². The van der Waals surface area contributed by atoms with E-state index in [2.05, 4.69) is 15.2 Å². The fourth-order valence-electron chi connectivity index (χ4n) is 1.33. The summed E-state index contributed by atoms with van der Waals surface area (Å²) in [6.07, 6.45) is 0.0612. The number of carbonyl (C=O) groups is 1. The summed E-state index contributed by atoms with van der Waals surface area (Å²) in [6.45, 7) is 2.12. The number of hydrogen-bond acceptors (Lipinski definition) is 5. The fourth-order valence-corrected chi connectivity index (χ4v) is 1.33. The van der Waals surface area contributed by atoms with Gasteiger partial charge in [-0.05, 0) is 19.1 Å². The number of fused-ring (bicyclic) bond motifs is 1. The molecule has 1 aromatic carbocycles. The van der Waals surface area contributed by atoms with Crippen LogP contribution in [-0.2, 0) is 16.0 Å². The van der Waals surface area contributed by atoms with E-state index in [0.717, 1.165) is 11.0 Å². The number of rotatable bonds is 3. The number of carbonyl (C=O) groups excluding carboxylic acids is 1. The third kappa shape index (κ3) is 2.31. The minimum Gasteiger partial charge on any atom is -0.466 e. The third-order valence-corrected chi connectivity index (χ3v) is 2.01. The molecule has 0 N–H and O–H groups in total. The van der Waals surface area contributed by atoms with E-state index in [4.69, 9.17) is 4.74 Å². The van der Waals surface area contributed by atoms with Gasteiger partial charge in [0.05, 0.1) is 12.1 Å². The van der Waals surface area contributed by atoms with Gasteiger partial charge in [0.25, 0.3) is 0 Å². The summed E-state index contributed by atoms with van der Waals surface area (Å²) in [7, 11) is 0. The molecule has 0 amide bonds. The van der Waals surface area contributed by atoms with Crippen LogP contribution in [0.1, 0.15) is 12.7 Å². The Morgan fingerprint density at radius 1 is 1.25 bits per heavy atom. The summed E-state index contributed by atoms with van der Waals surface area (Å²) >= 11 is 0. The molecule has 2 aromatic rings. The lowest BCUT2D eigenvalue weighted by Crippen LogP contribution is -2.11. The number of aromatic nitrogens is 3. The summed E-state index contributed by atoms with van der Waals surface area (Å²) < 4.78 is 4.81. The molecule has 5 heteroatoms. The van der Waals surface area contributed by atoms with Gasteiger partial charge in [0, 0.05) is 0 Å². The Balaban J connectivity index is 2.22. The zero-order valence-electron chi connectivity index (χ0n) is 8.88. The summed E-state index contributed by atoms with van der Waals surface area (Å²) in [5.41, 5.74) is 1.45. The first kappa shape index (κ1) is 10.5. The minimum absolute atomic E-state index is 0.0612. The Hall–Kier alpha value is -2.04. The van der Waals surface area contributed by atoms with Gasteiger partial charge in [-0.3, -0.25) is 4.79 Å². The van der Waals surface area contributed by atoms with Gasteiger partial charge in [0.15, 0.2) is 5.82 Å². The molecule has 82 valence electrons. The van der Waals surface area contributed by atoms with Crippen molar-refractivity contribution in [2.24, 2.45) is 0 Å². The number of para-hydroxylation sites is 1. The Labute approximate surface area is 92.5 Å². The second kappa shape index (κ2) is 4.65.